The maximum atomic E-state index is 12.1. The third kappa shape index (κ3) is 3.96. The van der Waals surface area contributed by atoms with E-state index in [1.54, 1.807) is 14.0 Å². The van der Waals surface area contributed by atoms with E-state index in [0.29, 0.717) is 19.5 Å². The van der Waals surface area contributed by atoms with Crippen molar-refractivity contribution in [3.05, 3.63) is 0 Å². The summed E-state index contributed by atoms with van der Waals surface area (Å²) in [6.07, 6.45) is 3.87. The molecule has 0 aromatic heterocycles. The predicted molar refractivity (Wildman–Crippen MR) is 82.4 cm³/mol. The van der Waals surface area contributed by atoms with E-state index < -0.39 is 10.0 Å². The van der Waals surface area contributed by atoms with Crippen molar-refractivity contribution in [2.45, 2.75) is 32.6 Å². The Bertz CT molecular complexity index is 472. The molecule has 1 aliphatic carbocycles. The lowest BCUT2D eigenvalue weighted by Crippen LogP contribution is -2.35. The van der Waals surface area contributed by atoms with Crippen LogP contribution in [-0.4, -0.2) is 57.6 Å². The number of hydrogen-bond acceptors (Lipinski definition) is 4. The molecule has 1 amide bonds. The summed E-state index contributed by atoms with van der Waals surface area (Å²) in [6, 6.07) is 0. The Morgan fingerprint density at radius 2 is 2.05 bits per heavy atom. The number of nitrogens with one attached hydrogen (secondary N) is 2. The van der Waals surface area contributed by atoms with Crippen LogP contribution in [0.5, 0.6) is 0 Å². The molecule has 0 aromatic rings. The molecule has 2 aliphatic rings. The predicted octanol–water partition coefficient (Wildman–Crippen LogP) is 0.164. The summed E-state index contributed by atoms with van der Waals surface area (Å²) in [5, 5.41) is 6.29. The van der Waals surface area contributed by atoms with Crippen molar-refractivity contribution in [2.75, 3.05) is 39.0 Å². The Balaban J connectivity index is 1.65. The first-order chi connectivity index (χ1) is 9.91. The van der Waals surface area contributed by atoms with Crippen LogP contribution in [0.15, 0.2) is 0 Å². The highest BCUT2D eigenvalue weighted by molar-refractivity contribution is 7.89. The van der Waals surface area contributed by atoms with Crippen LogP contribution in [0.3, 0.4) is 0 Å². The molecule has 1 unspecified atom stereocenters. The molecule has 122 valence electrons. The summed E-state index contributed by atoms with van der Waals surface area (Å²) in [6.45, 7) is 4.68. The average molecular weight is 317 g/mol. The number of amides is 1. The highest BCUT2D eigenvalue weighted by Crippen LogP contribution is 2.58. The molecule has 0 radical (unpaired) electrons. The minimum Gasteiger partial charge on any atom is -0.356 e. The van der Waals surface area contributed by atoms with Gasteiger partial charge in [0.2, 0.25) is 15.9 Å². The quantitative estimate of drug-likeness (QED) is 0.656. The van der Waals surface area contributed by atoms with Gasteiger partial charge in [0.15, 0.2) is 0 Å². The molecule has 21 heavy (non-hydrogen) atoms. The molecule has 1 atom stereocenters. The SMILES string of the molecule is CCS(=O)(=O)N(C)CCCNC(=O)C1CC12CCNCC2. The Hall–Kier alpha value is -0.660. The summed E-state index contributed by atoms with van der Waals surface area (Å²) >= 11 is 0. The molecular weight excluding hydrogens is 290 g/mol. The maximum absolute atomic E-state index is 12.1. The van der Waals surface area contributed by atoms with Gasteiger partial charge in [-0.25, -0.2) is 12.7 Å². The first-order valence-corrected chi connectivity index (χ1v) is 9.45. The summed E-state index contributed by atoms with van der Waals surface area (Å²) < 4.78 is 24.5. The number of piperidine rings is 1. The maximum Gasteiger partial charge on any atom is 0.223 e. The molecule has 1 saturated heterocycles. The Morgan fingerprint density at radius 3 is 2.67 bits per heavy atom. The van der Waals surface area contributed by atoms with Crippen LogP contribution in [0.2, 0.25) is 0 Å². The largest absolute Gasteiger partial charge is 0.356 e. The molecular formula is C14H27N3O3S. The lowest BCUT2D eigenvalue weighted by Gasteiger charge is -2.23. The second kappa shape index (κ2) is 6.62. The van der Waals surface area contributed by atoms with Crippen molar-refractivity contribution in [3.63, 3.8) is 0 Å². The van der Waals surface area contributed by atoms with Crippen molar-refractivity contribution in [1.29, 1.82) is 0 Å². The van der Waals surface area contributed by atoms with Gasteiger partial charge in [-0.05, 0) is 51.1 Å². The number of rotatable bonds is 7. The highest BCUT2D eigenvalue weighted by atomic mass is 32.2. The summed E-state index contributed by atoms with van der Waals surface area (Å²) in [5.41, 5.74) is 0.262. The van der Waals surface area contributed by atoms with Gasteiger partial charge in [-0.2, -0.15) is 0 Å². The van der Waals surface area contributed by atoms with E-state index in [1.807, 2.05) is 0 Å². The van der Waals surface area contributed by atoms with E-state index in [4.69, 9.17) is 0 Å². The van der Waals surface area contributed by atoms with Crippen molar-refractivity contribution in [3.8, 4) is 0 Å². The first-order valence-electron chi connectivity index (χ1n) is 7.84. The van der Waals surface area contributed by atoms with Gasteiger partial charge in [-0.15, -0.1) is 0 Å². The molecule has 1 heterocycles. The lowest BCUT2D eigenvalue weighted by molar-refractivity contribution is -0.123. The zero-order valence-electron chi connectivity index (χ0n) is 13.0. The van der Waals surface area contributed by atoms with Crippen molar-refractivity contribution >= 4 is 15.9 Å². The second-order valence-corrected chi connectivity index (χ2v) is 8.60. The van der Waals surface area contributed by atoms with Crippen LogP contribution in [0.4, 0.5) is 0 Å². The molecule has 1 aliphatic heterocycles. The van der Waals surface area contributed by atoms with Crippen LogP contribution in [-0.2, 0) is 14.8 Å². The molecule has 0 aromatic carbocycles. The van der Waals surface area contributed by atoms with E-state index in [-0.39, 0.29) is 23.0 Å². The minimum atomic E-state index is -3.11. The van der Waals surface area contributed by atoms with Crippen molar-refractivity contribution in [1.82, 2.24) is 14.9 Å². The lowest BCUT2D eigenvalue weighted by atomic mass is 9.92. The van der Waals surface area contributed by atoms with Gasteiger partial charge >= 0.3 is 0 Å². The molecule has 6 nitrogen and oxygen atoms in total. The molecule has 1 spiro atoms. The zero-order valence-corrected chi connectivity index (χ0v) is 13.8. The van der Waals surface area contributed by atoms with E-state index >= 15 is 0 Å². The van der Waals surface area contributed by atoms with Gasteiger partial charge in [0.25, 0.3) is 0 Å². The summed E-state index contributed by atoms with van der Waals surface area (Å²) in [4.78, 5) is 12.1. The molecule has 7 heteroatoms. The second-order valence-electron chi connectivity index (χ2n) is 6.24. The zero-order chi connectivity index (χ0) is 15.5. The van der Waals surface area contributed by atoms with Crippen LogP contribution >= 0.6 is 0 Å². The number of nitrogens with zero attached hydrogens (tertiary/aromatic N) is 1. The van der Waals surface area contributed by atoms with Crippen LogP contribution in [0.1, 0.15) is 32.6 Å². The Morgan fingerprint density at radius 1 is 1.38 bits per heavy atom. The van der Waals surface area contributed by atoms with Gasteiger partial charge in [-0.3, -0.25) is 4.79 Å². The summed E-state index contributed by atoms with van der Waals surface area (Å²) in [5.74, 6) is 0.448. The van der Waals surface area contributed by atoms with E-state index in [0.717, 1.165) is 32.4 Å². The third-order valence-corrected chi connectivity index (χ3v) is 6.76. The first kappa shape index (κ1) is 16.7. The third-order valence-electron chi connectivity index (χ3n) is 4.89. The topological polar surface area (TPSA) is 78.5 Å². The fourth-order valence-corrected chi connectivity index (χ4v) is 4.04. The Labute approximate surface area is 127 Å². The molecule has 2 rings (SSSR count). The van der Waals surface area contributed by atoms with Crippen LogP contribution in [0, 0.1) is 11.3 Å². The summed E-state index contributed by atoms with van der Waals surface area (Å²) in [7, 11) is -1.52. The number of sulfonamides is 1. The van der Waals surface area contributed by atoms with E-state index in [1.165, 1.54) is 4.31 Å². The molecule has 2 fully saturated rings. The molecule has 1 saturated carbocycles. The Kier molecular flexibility index (Phi) is 5.27. The number of carbonyl (C=O) groups excluding carboxylic acids is 1. The normalized spacial score (nSPS) is 24.2. The van der Waals surface area contributed by atoms with Crippen molar-refractivity contribution in [2.24, 2.45) is 11.3 Å². The number of carbonyl (C=O) groups is 1. The standard InChI is InChI=1S/C14H27N3O3S/c1-3-21(19,20)17(2)10-4-7-16-13(18)12-11-14(12)5-8-15-9-6-14/h12,15H,3-11H2,1-2H3,(H,16,18). The van der Waals surface area contributed by atoms with Crippen molar-refractivity contribution < 1.29 is 13.2 Å². The highest BCUT2D eigenvalue weighted by Gasteiger charge is 2.57. The van der Waals surface area contributed by atoms with Gasteiger partial charge in [0.1, 0.15) is 0 Å². The molecule has 2 N–H and O–H groups in total. The van der Waals surface area contributed by atoms with E-state index in [9.17, 15) is 13.2 Å². The number of hydrogen-bond donors (Lipinski definition) is 2. The van der Waals surface area contributed by atoms with Gasteiger partial charge in [0.05, 0.1) is 5.75 Å². The fourth-order valence-electron chi connectivity index (χ4n) is 3.19. The average Bonchev–Trinajstić information content (AvgIpc) is 3.17. The fraction of sp³-hybridized carbons (Fsp3) is 0.929. The van der Waals surface area contributed by atoms with Gasteiger partial charge in [-0.1, -0.05) is 0 Å². The van der Waals surface area contributed by atoms with E-state index in [2.05, 4.69) is 10.6 Å². The van der Waals surface area contributed by atoms with Crippen LogP contribution in [0.25, 0.3) is 0 Å². The minimum absolute atomic E-state index is 0.120. The smallest absolute Gasteiger partial charge is 0.223 e. The van der Waals surface area contributed by atoms with Gasteiger partial charge in [0, 0.05) is 26.1 Å². The monoisotopic (exact) mass is 317 g/mol. The van der Waals surface area contributed by atoms with Gasteiger partial charge < -0.3 is 10.6 Å². The van der Waals surface area contributed by atoms with Crippen LogP contribution < -0.4 is 10.6 Å². The molecule has 0 bridgehead atoms.